The molecule has 0 radical (unpaired) electrons. The zero-order valence-corrected chi connectivity index (χ0v) is 41.6. The van der Waals surface area contributed by atoms with Crippen molar-refractivity contribution in [3.63, 3.8) is 0 Å². The number of ether oxygens (including phenoxy) is 2. The van der Waals surface area contributed by atoms with E-state index in [9.17, 15) is 0 Å². The van der Waals surface area contributed by atoms with Crippen molar-refractivity contribution in [3.05, 3.63) is 265 Å². The van der Waals surface area contributed by atoms with E-state index in [2.05, 4.69) is 255 Å². The molecular formula is C68H58N2O2. The summed E-state index contributed by atoms with van der Waals surface area (Å²) >= 11 is 0. The standard InChI is InChI=1S/C68H58N2O2/c1-67(2)47-68(3,56-28-34-59(35-29-56)69(60-36-41-63(71-4)42-37-60)57-30-24-54(25-31-57)52-20-16-50(17-21-52)48-12-8-6-9-13-48)66-46-62(40-45-65(66)67)70(61-38-43-64(72-5)44-39-61)58-32-26-55(27-33-58)53-22-18-51(19-23-53)49-14-10-7-11-15-49/h6-46H,47H2,1-5H3. The molecule has 1 atom stereocenters. The first-order valence-electron chi connectivity index (χ1n) is 24.8. The fraction of sp³-hybridized carbons (Fsp3) is 0.118. The molecule has 72 heavy (non-hydrogen) atoms. The second kappa shape index (κ2) is 19.3. The minimum Gasteiger partial charge on any atom is -0.497 e. The van der Waals surface area contributed by atoms with E-state index in [0.717, 1.165) is 52.0 Å². The van der Waals surface area contributed by atoms with Gasteiger partial charge in [-0.2, -0.15) is 0 Å². The summed E-state index contributed by atoms with van der Waals surface area (Å²) in [6, 6.07) is 89.7. The van der Waals surface area contributed by atoms with Gasteiger partial charge in [-0.15, -0.1) is 0 Å². The summed E-state index contributed by atoms with van der Waals surface area (Å²) in [5.74, 6) is 1.65. The van der Waals surface area contributed by atoms with Crippen LogP contribution in [0.15, 0.2) is 249 Å². The predicted molar refractivity (Wildman–Crippen MR) is 301 cm³/mol. The molecule has 0 aromatic heterocycles. The van der Waals surface area contributed by atoms with Gasteiger partial charge < -0.3 is 19.3 Å². The highest BCUT2D eigenvalue weighted by atomic mass is 16.5. The molecule has 10 aromatic carbocycles. The third-order valence-electron chi connectivity index (χ3n) is 14.7. The molecule has 1 unspecified atom stereocenters. The summed E-state index contributed by atoms with van der Waals surface area (Å²) in [5.41, 5.74) is 19.8. The quantitative estimate of drug-likeness (QED) is 0.115. The number of methoxy groups -OCH3 is 2. The van der Waals surface area contributed by atoms with Gasteiger partial charge in [0.25, 0.3) is 0 Å². The Labute approximate surface area is 425 Å². The van der Waals surface area contributed by atoms with Crippen LogP contribution >= 0.6 is 0 Å². The van der Waals surface area contributed by atoms with Gasteiger partial charge in [0.15, 0.2) is 0 Å². The van der Waals surface area contributed by atoms with Gasteiger partial charge in [-0.05, 0) is 170 Å². The highest BCUT2D eigenvalue weighted by Crippen LogP contribution is 2.55. The molecular weight excluding hydrogens is 877 g/mol. The maximum Gasteiger partial charge on any atom is 0.119 e. The number of hydrogen-bond donors (Lipinski definition) is 0. The van der Waals surface area contributed by atoms with Gasteiger partial charge in [-0.3, -0.25) is 0 Å². The van der Waals surface area contributed by atoms with Gasteiger partial charge >= 0.3 is 0 Å². The normalized spacial score (nSPS) is 14.6. The monoisotopic (exact) mass is 934 g/mol. The molecule has 4 nitrogen and oxygen atoms in total. The van der Waals surface area contributed by atoms with Crippen LogP contribution in [0.3, 0.4) is 0 Å². The van der Waals surface area contributed by atoms with E-state index in [-0.39, 0.29) is 10.8 Å². The molecule has 0 spiro atoms. The van der Waals surface area contributed by atoms with Gasteiger partial charge in [-0.25, -0.2) is 0 Å². The first-order valence-corrected chi connectivity index (χ1v) is 24.8. The van der Waals surface area contributed by atoms with E-state index >= 15 is 0 Å². The fourth-order valence-corrected chi connectivity index (χ4v) is 11.0. The molecule has 0 N–H and O–H groups in total. The SMILES string of the molecule is COc1ccc(N(c2ccc(-c3ccc(-c4ccccc4)cc3)cc2)c2ccc(C3(C)CC(C)(C)c4ccc(N(c5ccc(OC)cc5)c5ccc(-c6ccc(-c7ccccc7)cc6)cc5)cc43)cc2)cc1. The highest BCUT2D eigenvalue weighted by Gasteiger charge is 2.46. The molecule has 0 saturated carbocycles. The Balaban J connectivity index is 0.919. The number of benzene rings is 10. The van der Waals surface area contributed by atoms with E-state index in [1.165, 1.54) is 61.2 Å². The molecule has 0 heterocycles. The van der Waals surface area contributed by atoms with E-state index in [4.69, 9.17) is 9.47 Å². The Morgan fingerprint density at radius 3 is 0.958 bits per heavy atom. The number of fused-ring (bicyclic) bond motifs is 1. The molecule has 11 rings (SSSR count). The van der Waals surface area contributed by atoms with Gasteiger partial charge in [0.2, 0.25) is 0 Å². The Bertz CT molecular complexity index is 3420. The zero-order chi connectivity index (χ0) is 49.2. The van der Waals surface area contributed by atoms with Gasteiger partial charge in [0.05, 0.1) is 14.2 Å². The minimum absolute atomic E-state index is 0.0390. The lowest BCUT2D eigenvalue weighted by molar-refractivity contribution is 0.414. The molecule has 0 aliphatic heterocycles. The number of rotatable bonds is 13. The molecule has 1 aliphatic rings. The van der Waals surface area contributed by atoms with Crippen molar-refractivity contribution in [2.24, 2.45) is 0 Å². The zero-order valence-electron chi connectivity index (χ0n) is 41.6. The number of anilines is 6. The van der Waals surface area contributed by atoms with Gasteiger partial charge in [-0.1, -0.05) is 172 Å². The largest absolute Gasteiger partial charge is 0.497 e. The maximum atomic E-state index is 5.61. The Morgan fingerprint density at radius 1 is 0.306 bits per heavy atom. The lowest BCUT2D eigenvalue weighted by atomic mass is 9.75. The summed E-state index contributed by atoms with van der Waals surface area (Å²) in [7, 11) is 3.43. The van der Waals surface area contributed by atoms with Crippen LogP contribution in [0, 0.1) is 0 Å². The van der Waals surface area contributed by atoms with Crippen molar-refractivity contribution in [2.45, 2.75) is 38.0 Å². The smallest absolute Gasteiger partial charge is 0.119 e. The van der Waals surface area contributed by atoms with Crippen LogP contribution in [0.4, 0.5) is 34.1 Å². The minimum atomic E-state index is -0.253. The average Bonchev–Trinajstić information content (AvgIpc) is 3.66. The number of hydrogen-bond acceptors (Lipinski definition) is 4. The second-order valence-electron chi connectivity index (χ2n) is 19.7. The fourth-order valence-electron chi connectivity index (χ4n) is 11.0. The summed E-state index contributed by atoms with van der Waals surface area (Å²) < 4.78 is 11.2. The van der Waals surface area contributed by atoms with Crippen LogP contribution in [0.5, 0.6) is 11.5 Å². The van der Waals surface area contributed by atoms with E-state index in [0.29, 0.717) is 0 Å². The highest BCUT2D eigenvalue weighted by molar-refractivity contribution is 5.82. The molecule has 352 valence electrons. The second-order valence-corrected chi connectivity index (χ2v) is 19.7. The summed E-state index contributed by atoms with van der Waals surface area (Å²) in [4.78, 5) is 4.70. The Hall–Kier alpha value is -8.60. The summed E-state index contributed by atoms with van der Waals surface area (Å²) in [6.45, 7) is 7.22. The van der Waals surface area contributed by atoms with Crippen molar-refractivity contribution < 1.29 is 9.47 Å². The van der Waals surface area contributed by atoms with Crippen molar-refractivity contribution in [1.29, 1.82) is 0 Å². The topological polar surface area (TPSA) is 24.9 Å². The first kappa shape index (κ1) is 45.8. The van der Waals surface area contributed by atoms with Crippen molar-refractivity contribution in [2.75, 3.05) is 24.0 Å². The summed E-state index contributed by atoms with van der Waals surface area (Å²) in [6.07, 6.45) is 0.981. The average molecular weight is 935 g/mol. The maximum absolute atomic E-state index is 5.61. The van der Waals surface area contributed by atoms with E-state index in [1.54, 1.807) is 14.2 Å². The molecule has 0 saturated heterocycles. The lowest BCUT2D eigenvalue weighted by Gasteiger charge is -2.31. The van der Waals surface area contributed by atoms with Gasteiger partial charge in [0, 0.05) is 39.5 Å². The molecule has 10 aromatic rings. The lowest BCUT2D eigenvalue weighted by Crippen LogP contribution is -2.23. The van der Waals surface area contributed by atoms with Crippen molar-refractivity contribution in [1.82, 2.24) is 0 Å². The van der Waals surface area contributed by atoms with Crippen LogP contribution in [0.25, 0.3) is 44.5 Å². The van der Waals surface area contributed by atoms with Crippen LogP contribution in [0.2, 0.25) is 0 Å². The van der Waals surface area contributed by atoms with Crippen LogP contribution in [-0.4, -0.2) is 14.2 Å². The number of nitrogens with zero attached hydrogens (tertiary/aromatic N) is 2. The van der Waals surface area contributed by atoms with Crippen molar-refractivity contribution >= 4 is 34.1 Å². The van der Waals surface area contributed by atoms with Crippen LogP contribution < -0.4 is 19.3 Å². The molecule has 4 heteroatoms. The molecule has 0 amide bonds. The molecule has 0 bridgehead atoms. The third-order valence-corrected chi connectivity index (χ3v) is 14.7. The van der Waals surface area contributed by atoms with E-state index in [1.807, 2.05) is 24.3 Å². The Kier molecular flexibility index (Phi) is 12.3. The molecule has 1 aliphatic carbocycles. The van der Waals surface area contributed by atoms with Crippen LogP contribution in [0.1, 0.15) is 43.9 Å². The Morgan fingerprint density at radius 2 is 0.597 bits per heavy atom. The summed E-state index contributed by atoms with van der Waals surface area (Å²) in [5, 5.41) is 0. The van der Waals surface area contributed by atoms with Gasteiger partial charge in [0.1, 0.15) is 11.5 Å². The van der Waals surface area contributed by atoms with E-state index < -0.39 is 0 Å². The molecule has 0 fully saturated rings. The third kappa shape index (κ3) is 8.93. The predicted octanol–water partition coefficient (Wildman–Crippen LogP) is 18.3. The van der Waals surface area contributed by atoms with Crippen molar-refractivity contribution in [3.8, 4) is 56.0 Å². The van der Waals surface area contributed by atoms with Crippen LogP contribution in [-0.2, 0) is 10.8 Å². The first-order chi connectivity index (χ1) is 35.2.